The molecule has 0 bridgehead atoms. The van der Waals surface area contributed by atoms with Crippen LogP contribution in [0.4, 0.5) is 5.69 Å². The minimum absolute atomic E-state index is 0.0693. The second kappa shape index (κ2) is 3.38. The fraction of sp³-hybridized carbons (Fsp3) is 0.667. The highest BCUT2D eigenvalue weighted by Gasteiger charge is 2.26. The molecule has 1 unspecified atom stereocenters. The summed E-state index contributed by atoms with van der Waals surface area (Å²) in [6, 6.07) is 0.496. The number of nitrogen functional groups attached to an aromatic ring is 1. The molecule has 14 heavy (non-hydrogen) atoms. The summed E-state index contributed by atoms with van der Waals surface area (Å²) in [4.78, 5) is 0. The Morgan fingerprint density at radius 3 is 2.79 bits per heavy atom. The van der Waals surface area contributed by atoms with E-state index in [1.54, 1.807) is 6.20 Å². The lowest BCUT2D eigenvalue weighted by atomic mass is 10.6. The first kappa shape index (κ1) is 9.71. The summed E-state index contributed by atoms with van der Waals surface area (Å²) in [5, 5.41) is 4.90. The Kier molecular flexibility index (Phi) is 2.34. The molecule has 1 heterocycles. The van der Waals surface area contributed by atoms with E-state index in [9.17, 15) is 4.21 Å². The predicted octanol–water partition coefficient (Wildman–Crippen LogP) is 1.32. The van der Waals surface area contributed by atoms with Crippen molar-refractivity contribution in [2.45, 2.75) is 43.0 Å². The Bertz CT molecular complexity index is 368. The molecule has 0 amide bonds. The third-order valence-corrected chi connectivity index (χ3v) is 3.82. The highest BCUT2D eigenvalue weighted by molar-refractivity contribution is 7.85. The Morgan fingerprint density at radius 1 is 1.64 bits per heavy atom. The van der Waals surface area contributed by atoms with E-state index in [0.29, 0.717) is 16.8 Å². The van der Waals surface area contributed by atoms with Crippen molar-refractivity contribution in [3.63, 3.8) is 0 Å². The van der Waals surface area contributed by atoms with Crippen molar-refractivity contribution < 1.29 is 4.21 Å². The van der Waals surface area contributed by atoms with Crippen molar-refractivity contribution in [3.8, 4) is 0 Å². The van der Waals surface area contributed by atoms with Crippen molar-refractivity contribution in [2.75, 3.05) is 5.73 Å². The van der Waals surface area contributed by atoms with E-state index in [1.165, 1.54) is 0 Å². The van der Waals surface area contributed by atoms with Gasteiger partial charge in [0, 0.05) is 11.4 Å². The lowest BCUT2D eigenvalue weighted by Gasteiger charge is -2.01. The molecule has 0 aromatic carbocycles. The lowest BCUT2D eigenvalue weighted by Crippen LogP contribution is -2.08. The number of nitrogens with zero attached hydrogens (tertiary/aromatic N) is 2. The van der Waals surface area contributed by atoms with Gasteiger partial charge in [-0.1, -0.05) is 13.8 Å². The zero-order valence-corrected chi connectivity index (χ0v) is 9.25. The molecule has 2 N–H and O–H groups in total. The molecule has 0 radical (unpaired) electrons. The van der Waals surface area contributed by atoms with E-state index in [1.807, 2.05) is 18.5 Å². The van der Waals surface area contributed by atoms with Gasteiger partial charge in [0.05, 0.1) is 22.5 Å². The Morgan fingerprint density at radius 2 is 2.29 bits per heavy atom. The molecule has 1 aromatic rings. The molecule has 1 aliphatic rings. The fourth-order valence-corrected chi connectivity index (χ4v) is 2.20. The van der Waals surface area contributed by atoms with Gasteiger partial charge in [-0.05, 0) is 12.8 Å². The zero-order valence-electron chi connectivity index (χ0n) is 8.43. The minimum atomic E-state index is -1.07. The van der Waals surface area contributed by atoms with Gasteiger partial charge in [-0.25, -0.2) is 0 Å². The molecule has 2 rings (SSSR count). The largest absolute Gasteiger partial charge is 0.395 e. The maximum atomic E-state index is 11.8. The van der Waals surface area contributed by atoms with Crippen molar-refractivity contribution in [3.05, 3.63) is 6.20 Å². The molecule has 4 nitrogen and oxygen atoms in total. The molecule has 78 valence electrons. The van der Waals surface area contributed by atoms with E-state index < -0.39 is 10.8 Å². The van der Waals surface area contributed by atoms with E-state index in [4.69, 9.17) is 5.73 Å². The second-order valence-corrected chi connectivity index (χ2v) is 5.87. The van der Waals surface area contributed by atoms with Gasteiger partial charge in [0.1, 0.15) is 0 Å². The van der Waals surface area contributed by atoms with Crippen molar-refractivity contribution >= 4 is 16.5 Å². The summed E-state index contributed by atoms with van der Waals surface area (Å²) in [6.07, 6.45) is 4.12. The zero-order chi connectivity index (χ0) is 10.3. The molecule has 1 aliphatic carbocycles. The third-order valence-electron chi connectivity index (χ3n) is 2.26. The van der Waals surface area contributed by atoms with Gasteiger partial charge >= 0.3 is 0 Å². The molecular formula is C9H15N3OS. The Labute approximate surface area is 85.9 Å². The van der Waals surface area contributed by atoms with Crippen LogP contribution in [0.15, 0.2) is 11.2 Å². The molecule has 1 atom stereocenters. The van der Waals surface area contributed by atoms with E-state index in [2.05, 4.69) is 5.10 Å². The van der Waals surface area contributed by atoms with Crippen LogP contribution in [-0.2, 0) is 10.8 Å². The summed E-state index contributed by atoms with van der Waals surface area (Å²) < 4.78 is 13.6. The molecule has 1 fully saturated rings. The maximum absolute atomic E-state index is 11.8. The Balaban J connectivity index is 2.28. The van der Waals surface area contributed by atoms with Gasteiger partial charge < -0.3 is 5.73 Å². The molecule has 1 aromatic heterocycles. The van der Waals surface area contributed by atoms with E-state index in [0.717, 1.165) is 12.8 Å². The number of nitrogens with two attached hydrogens (primary N) is 1. The van der Waals surface area contributed by atoms with E-state index >= 15 is 0 Å². The van der Waals surface area contributed by atoms with Gasteiger partial charge in [0.15, 0.2) is 5.03 Å². The molecule has 0 saturated heterocycles. The molecule has 1 saturated carbocycles. The third kappa shape index (κ3) is 1.68. The van der Waals surface area contributed by atoms with Crippen LogP contribution in [0, 0.1) is 0 Å². The van der Waals surface area contributed by atoms with Gasteiger partial charge in [0.2, 0.25) is 0 Å². The SMILES string of the molecule is CC(C)S(=O)c1nn(C2CC2)cc1N. The summed E-state index contributed by atoms with van der Waals surface area (Å²) in [5.41, 5.74) is 6.33. The molecule has 5 heteroatoms. The first-order valence-electron chi connectivity index (χ1n) is 4.85. The lowest BCUT2D eigenvalue weighted by molar-refractivity contribution is 0.616. The number of aromatic nitrogens is 2. The van der Waals surface area contributed by atoms with Gasteiger partial charge in [-0.3, -0.25) is 8.89 Å². The van der Waals surface area contributed by atoms with Crippen LogP contribution >= 0.6 is 0 Å². The summed E-state index contributed by atoms with van der Waals surface area (Å²) in [7, 11) is -1.07. The number of rotatable bonds is 3. The maximum Gasteiger partial charge on any atom is 0.172 e. The van der Waals surface area contributed by atoms with Gasteiger partial charge in [-0.2, -0.15) is 5.10 Å². The van der Waals surface area contributed by atoms with Crippen LogP contribution in [0.3, 0.4) is 0 Å². The second-order valence-electron chi connectivity index (χ2n) is 3.95. The number of hydrogen-bond acceptors (Lipinski definition) is 3. The standard InChI is InChI=1S/C9H15N3OS/c1-6(2)14(13)9-8(10)5-12(11-9)7-3-4-7/h5-7H,3-4,10H2,1-2H3. The monoisotopic (exact) mass is 213 g/mol. The number of hydrogen-bond donors (Lipinski definition) is 1. The molecule has 0 spiro atoms. The van der Waals surface area contributed by atoms with Crippen LogP contribution in [0.5, 0.6) is 0 Å². The summed E-state index contributed by atoms with van der Waals surface area (Å²) in [5.74, 6) is 0. The van der Waals surface area contributed by atoms with Crippen LogP contribution in [0.2, 0.25) is 0 Å². The van der Waals surface area contributed by atoms with Crippen LogP contribution in [0.1, 0.15) is 32.7 Å². The predicted molar refractivity (Wildman–Crippen MR) is 56.5 cm³/mol. The normalized spacial score (nSPS) is 18.8. The van der Waals surface area contributed by atoms with Crippen LogP contribution in [0.25, 0.3) is 0 Å². The highest BCUT2D eigenvalue weighted by atomic mass is 32.2. The molecule has 0 aliphatic heterocycles. The smallest absolute Gasteiger partial charge is 0.172 e. The van der Waals surface area contributed by atoms with Crippen molar-refractivity contribution in [2.24, 2.45) is 0 Å². The van der Waals surface area contributed by atoms with Gasteiger partial charge in [-0.15, -0.1) is 0 Å². The van der Waals surface area contributed by atoms with Crippen LogP contribution in [-0.4, -0.2) is 19.2 Å². The van der Waals surface area contributed by atoms with Crippen molar-refractivity contribution in [1.82, 2.24) is 9.78 Å². The van der Waals surface area contributed by atoms with E-state index in [-0.39, 0.29) is 5.25 Å². The first-order valence-corrected chi connectivity index (χ1v) is 6.06. The topological polar surface area (TPSA) is 60.9 Å². The average molecular weight is 213 g/mol. The average Bonchev–Trinajstić information content (AvgIpc) is 2.89. The minimum Gasteiger partial charge on any atom is -0.395 e. The number of anilines is 1. The first-order chi connectivity index (χ1) is 6.59. The molecular weight excluding hydrogens is 198 g/mol. The van der Waals surface area contributed by atoms with Crippen molar-refractivity contribution in [1.29, 1.82) is 0 Å². The Hall–Kier alpha value is -0.840. The summed E-state index contributed by atoms with van der Waals surface area (Å²) >= 11 is 0. The van der Waals surface area contributed by atoms with Gasteiger partial charge in [0.25, 0.3) is 0 Å². The van der Waals surface area contributed by atoms with Crippen LogP contribution < -0.4 is 5.73 Å². The quantitative estimate of drug-likeness (QED) is 0.823. The highest BCUT2D eigenvalue weighted by Crippen LogP contribution is 2.35. The fourth-order valence-electron chi connectivity index (χ4n) is 1.29. The summed E-state index contributed by atoms with van der Waals surface area (Å²) in [6.45, 7) is 3.82.